The lowest BCUT2D eigenvalue weighted by atomic mass is 10.1. The minimum absolute atomic E-state index is 0.0609. The molecule has 0 atom stereocenters. The van der Waals surface area contributed by atoms with E-state index in [0.717, 1.165) is 6.07 Å². The standard InChI is InChI=1S/C11H15F3N2S/c1-10(2,3)15-7-17-9-6-4-5-8(16-9)11(12,13)14/h4-6,15H,7H2,1-3H3. The predicted molar refractivity (Wildman–Crippen MR) is 62.9 cm³/mol. The topological polar surface area (TPSA) is 24.9 Å². The van der Waals surface area contributed by atoms with Crippen LogP contribution in [-0.4, -0.2) is 16.4 Å². The van der Waals surface area contributed by atoms with Crippen molar-refractivity contribution in [2.75, 3.05) is 5.88 Å². The molecule has 0 aliphatic heterocycles. The minimum atomic E-state index is -4.38. The molecule has 1 N–H and O–H groups in total. The molecular formula is C11H15F3N2S. The highest BCUT2D eigenvalue weighted by molar-refractivity contribution is 7.99. The third-order valence-corrected chi connectivity index (χ3v) is 2.65. The lowest BCUT2D eigenvalue weighted by Crippen LogP contribution is -2.35. The van der Waals surface area contributed by atoms with Gasteiger partial charge in [0, 0.05) is 11.4 Å². The third kappa shape index (κ3) is 5.41. The first kappa shape index (κ1) is 14.3. The predicted octanol–water partition coefficient (Wildman–Crippen LogP) is 3.54. The quantitative estimate of drug-likeness (QED) is 0.667. The van der Waals surface area contributed by atoms with Crippen molar-refractivity contribution in [3.05, 3.63) is 23.9 Å². The van der Waals surface area contributed by atoms with Crippen LogP contribution < -0.4 is 5.32 Å². The van der Waals surface area contributed by atoms with Gasteiger partial charge in [0.1, 0.15) is 5.69 Å². The number of rotatable bonds is 3. The summed E-state index contributed by atoms with van der Waals surface area (Å²) in [6, 6.07) is 3.92. The van der Waals surface area contributed by atoms with E-state index >= 15 is 0 Å². The van der Waals surface area contributed by atoms with E-state index in [-0.39, 0.29) is 5.54 Å². The van der Waals surface area contributed by atoms with Gasteiger partial charge in [0.25, 0.3) is 0 Å². The van der Waals surface area contributed by atoms with Crippen molar-refractivity contribution in [1.82, 2.24) is 10.3 Å². The van der Waals surface area contributed by atoms with E-state index in [1.165, 1.54) is 17.8 Å². The molecule has 6 heteroatoms. The molecule has 0 aliphatic rings. The van der Waals surface area contributed by atoms with Crippen molar-refractivity contribution in [2.45, 2.75) is 37.5 Å². The van der Waals surface area contributed by atoms with Gasteiger partial charge in [0.05, 0.1) is 5.03 Å². The average Bonchev–Trinajstić information content (AvgIpc) is 2.15. The van der Waals surface area contributed by atoms with Crippen LogP contribution in [0.15, 0.2) is 23.2 Å². The van der Waals surface area contributed by atoms with Crippen LogP contribution in [0.5, 0.6) is 0 Å². The van der Waals surface area contributed by atoms with Gasteiger partial charge in [-0.25, -0.2) is 4.98 Å². The van der Waals surface area contributed by atoms with Crippen LogP contribution >= 0.6 is 11.8 Å². The number of alkyl halides is 3. The Morgan fingerprint density at radius 3 is 2.41 bits per heavy atom. The van der Waals surface area contributed by atoms with Crippen molar-refractivity contribution in [2.24, 2.45) is 0 Å². The van der Waals surface area contributed by atoms with Crippen molar-refractivity contribution >= 4 is 11.8 Å². The highest BCUT2D eigenvalue weighted by Crippen LogP contribution is 2.28. The number of pyridine rings is 1. The molecule has 0 spiro atoms. The smallest absolute Gasteiger partial charge is 0.303 e. The Morgan fingerprint density at radius 2 is 1.88 bits per heavy atom. The first-order valence-corrected chi connectivity index (χ1v) is 6.09. The van der Waals surface area contributed by atoms with Gasteiger partial charge in [-0.2, -0.15) is 13.2 Å². The number of hydrogen-bond donors (Lipinski definition) is 1. The van der Waals surface area contributed by atoms with Crippen LogP contribution in [0, 0.1) is 0 Å². The molecule has 0 radical (unpaired) electrons. The molecule has 1 aromatic heterocycles. The van der Waals surface area contributed by atoms with Gasteiger partial charge in [-0.15, -0.1) is 0 Å². The summed E-state index contributed by atoms with van der Waals surface area (Å²) in [6.07, 6.45) is -4.38. The van der Waals surface area contributed by atoms with E-state index < -0.39 is 11.9 Å². The maximum atomic E-state index is 12.4. The molecular weight excluding hydrogens is 249 g/mol. The second-order valence-corrected chi connectivity index (χ2v) is 5.57. The second kappa shape index (κ2) is 5.27. The molecule has 0 saturated heterocycles. The van der Waals surface area contributed by atoms with Crippen molar-refractivity contribution in [3.8, 4) is 0 Å². The summed E-state index contributed by atoms with van der Waals surface area (Å²) in [5.74, 6) is 0.526. The fourth-order valence-electron chi connectivity index (χ4n) is 0.980. The summed E-state index contributed by atoms with van der Waals surface area (Å²) in [5, 5.41) is 3.54. The molecule has 0 amide bonds. The van der Waals surface area contributed by atoms with E-state index in [1.807, 2.05) is 20.8 Å². The Labute approximate surface area is 103 Å². The zero-order valence-electron chi connectivity index (χ0n) is 9.93. The summed E-state index contributed by atoms with van der Waals surface area (Å²) in [7, 11) is 0. The summed E-state index contributed by atoms with van der Waals surface area (Å²) in [4.78, 5) is 3.56. The molecule has 0 saturated carbocycles. The Morgan fingerprint density at radius 1 is 1.24 bits per heavy atom. The molecule has 1 rings (SSSR count). The molecule has 1 aromatic rings. The van der Waals surface area contributed by atoms with Crippen molar-refractivity contribution in [3.63, 3.8) is 0 Å². The summed E-state index contributed by atoms with van der Waals surface area (Å²) in [5.41, 5.74) is -0.910. The molecule has 0 fully saturated rings. The summed E-state index contributed by atoms with van der Waals surface area (Å²) < 4.78 is 37.2. The molecule has 2 nitrogen and oxygen atoms in total. The number of nitrogens with one attached hydrogen (secondary N) is 1. The first-order valence-electron chi connectivity index (χ1n) is 5.10. The summed E-state index contributed by atoms with van der Waals surface area (Å²) in [6.45, 7) is 5.98. The molecule has 0 aromatic carbocycles. The zero-order valence-corrected chi connectivity index (χ0v) is 10.7. The van der Waals surface area contributed by atoms with E-state index in [2.05, 4.69) is 10.3 Å². The fraction of sp³-hybridized carbons (Fsp3) is 0.545. The first-order chi connectivity index (χ1) is 7.68. The Bertz CT molecular complexity index is 372. The lowest BCUT2D eigenvalue weighted by Gasteiger charge is -2.19. The van der Waals surface area contributed by atoms with Crippen LogP contribution in [0.25, 0.3) is 0 Å². The zero-order chi connectivity index (χ0) is 13.1. The molecule has 0 bridgehead atoms. The molecule has 96 valence electrons. The van der Waals surface area contributed by atoms with E-state index in [1.54, 1.807) is 6.07 Å². The Balaban J connectivity index is 2.61. The fourth-order valence-corrected chi connectivity index (χ4v) is 1.97. The number of halogens is 3. The van der Waals surface area contributed by atoms with E-state index in [0.29, 0.717) is 10.9 Å². The number of aromatic nitrogens is 1. The van der Waals surface area contributed by atoms with Crippen molar-refractivity contribution < 1.29 is 13.2 Å². The second-order valence-electron chi connectivity index (χ2n) is 4.57. The highest BCUT2D eigenvalue weighted by atomic mass is 32.2. The lowest BCUT2D eigenvalue weighted by molar-refractivity contribution is -0.141. The third-order valence-electron chi connectivity index (χ3n) is 1.84. The maximum Gasteiger partial charge on any atom is 0.433 e. The largest absolute Gasteiger partial charge is 0.433 e. The van der Waals surface area contributed by atoms with E-state index in [4.69, 9.17) is 0 Å². The van der Waals surface area contributed by atoms with E-state index in [9.17, 15) is 13.2 Å². The SMILES string of the molecule is CC(C)(C)NCSc1cccc(C(F)(F)F)n1. The van der Waals surface area contributed by atoms with Gasteiger partial charge >= 0.3 is 6.18 Å². The maximum absolute atomic E-state index is 12.4. The number of thioether (sulfide) groups is 1. The van der Waals surface area contributed by atoms with Gasteiger partial charge in [0.15, 0.2) is 0 Å². The minimum Gasteiger partial charge on any atom is -0.303 e. The van der Waals surface area contributed by atoms with Crippen molar-refractivity contribution in [1.29, 1.82) is 0 Å². The van der Waals surface area contributed by atoms with Crippen LogP contribution in [0.3, 0.4) is 0 Å². The Kier molecular flexibility index (Phi) is 4.43. The molecule has 1 heterocycles. The summed E-state index contributed by atoms with van der Waals surface area (Å²) >= 11 is 1.26. The van der Waals surface area contributed by atoms with Crippen LogP contribution in [0.4, 0.5) is 13.2 Å². The van der Waals surface area contributed by atoms with Gasteiger partial charge in [-0.05, 0) is 32.9 Å². The van der Waals surface area contributed by atoms with Gasteiger partial charge in [0.2, 0.25) is 0 Å². The molecule has 0 aliphatic carbocycles. The monoisotopic (exact) mass is 264 g/mol. The molecule has 17 heavy (non-hydrogen) atoms. The Hall–Kier alpha value is -0.750. The van der Waals surface area contributed by atoms with Crippen LogP contribution in [-0.2, 0) is 6.18 Å². The van der Waals surface area contributed by atoms with Gasteiger partial charge < -0.3 is 5.32 Å². The molecule has 0 unspecified atom stereocenters. The highest BCUT2D eigenvalue weighted by Gasteiger charge is 2.32. The van der Waals surface area contributed by atoms with Gasteiger partial charge in [-0.3, -0.25) is 0 Å². The average molecular weight is 264 g/mol. The van der Waals surface area contributed by atoms with Crippen LogP contribution in [0.1, 0.15) is 26.5 Å². The number of nitrogens with zero attached hydrogens (tertiary/aromatic N) is 1. The number of hydrogen-bond acceptors (Lipinski definition) is 3. The van der Waals surface area contributed by atoms with Crippen LogP contribution in [0.2, 0.25) is 0 Å². The normalized spacial score (nSPS) is 12.8. The van der Waals surface area contributed by atoms with Gasteiger partial charge in [-0.1, -0.05) is 17.8 Å².